The largest absolute Gasteiger partial charge is 0.493 e. The monoisotopic (exact) mass is 290 g/mol. The van der Waals surface area contributed by atoms with Crippen molar-refractivity contribution in [1.82, 2.24) is 10.6 Å². The predicted molar refractivity (Wildman–Crippen MR) is 84.5 cm³/mol. The fraction of sp³-hybridized carbons (Fsp3) is 0.588. The molecule has 0 saturated heterocycles. The van der Waals surface area contributed by atoms with Crippen LogP contribution in [0.3, 0.4) is 0 Å². The molecule has 1 atom stereocenters. The second-order valence-electron chi connectivity index (χ2n) is 6.38. The van der Waals surface area contributed by atoms with Crippen LogP contribution in [0.5, 0.6) is 5.75 Å². The van der Waals surface area contributed by atoms with Crippen LogP contribution in [0.15, 0.2) is 18.2 Å². The summed E-state index contributed by atoms with van der Waals surface area (Å²) in [5.74, 6) is 1.06. The van der Waals surface area contributed by atoms with Gasteiger partial charge in [0, 0.05) is 25.2 Å². The fourth-order valence-electron chi connectivity index (χ4n) is 2.77. The number of carbonyl (C=O) groups excluding carboxylic acids is 1. The minimum absolute atomic E-state index is 0.0596. The SMILES string of the molecule is CNC(=O)C(C)(C)CNC1CCCOc2c(C)cccc21. The topological polar surface area (TPSA) is 50.4 Å². The third-order valence-electron chi connectivity index (χ3n) is 4.13. The maximum atomic E-state index is 11.9. The van der Waals surface area contributed by atoms with Crippen molar-refractivity contribution < 1.29 is 9.53 Å². The van der Waals surface area contributed by atoms with E-state index < -0.39 is 5.41 Å². The Kier molecular flexibility index (Phi) is 4.88. The number of carbonyl (C=O) groups is 1. The minimum Gasteiger partial charge on any atom is -0.493 e. The molecule has 1 aromatic rings. The second kappa shape index (κ2) is 6.48. The molecule has 0 fully saturated rings. The molecule has 1 heterocycles. The first-order valence-electron chi connectivity index (χ1n) is 7.63. The Morgan fingerprint density at radius 2 is 2.19 bits per heavy atom. The lowest BCUT2D eigenvalue weighted by Crippen LogP contribution is -2.43. The Morgan fingerprint density at radius 3 is 2.90 bits per heavy atom. The smallest absolute Gasteiger partial charge is 0.226 e. The van der Waals surface area contributed by atoms with Crippen LogP contribution in [0.25, 0.3) is 0 Å². The van der Waals surface area contributed by atoms with Gasteiger partial charge in [0.2, 0.25) is 5.91 Å². The number of hydrogen-bond acceptors (Lipinski definition) is 3. The van der Waals surface area contributed by atoms with Crippen molar-refractivity contribution in [2.24, 2.45) is 5.41 Å². The summed E-state index contributed by atoms with van der Waals surface area (Å²) in [7, 11) is 1.68. The highest BCUT2D eigenvalue weighted by molar-refractivity contribution is 5.81. The van der Waals surface area contributed by atoms with Crippen molar-refractivity contribution in [2.75, 3.05) is 20.2 Å². The van der Waals surface area contributed by atoms with Crippen LogP contribution >= 0.6 is 0 Å². The number of aryl methyl sites for hydroxylation is 1. The highest BCUT2D eigenvalue weighted by Crippen LogP contribution is 2.34. The van der Waals surface area contributed by atoms with Crippen molar-refractivity contribution in [3.05, 3.63) is 29.3 Å². The van der Waals surface area contributed by atoms with E-state index in [9.17, 15) is 4.79 Å². The van der Waals surface area contributed by atoms with Crippen LogP contribution in [-0.2, 0) is 4.79 Å². The maximum Gasteiger partial charge on any atom is 0.226 e. The van der Waals surface area contributed by atoms with Crippen molar-refractivity contribution in [2.45, 2.75) is 39.7 Å². The van der Waals surface area contributed by atoms with E-state index >= 15 is 0 Å². The third kappa shape index (κ3) is 3.56. The number of hydrogen-bond donors (Lipinski definition) is 2. The van der Waals surface area contributed by atoms with E-state index in [0.717, 1.165) is 25.2 Å². The molecule has 1 amide bonds. The second-order valence-corrected chi connectivity index (χ2v) is 6.38. The third-order valence-corrected chi connectivity index (χ3v) is 4.13. The molecule has 0 spiro atoms. The first-order chi connectivity index (χ1) is 9.95. The number of benzene rings is 1. The molecule has 116 valence electrons. The normalized spacial score (nSPS) is 18.4. The lowest BCUT2D eigenvalue weighted by molar-refractivity contribution is -0.128. The maximum absolute atomic E-state index is 11.9. The zero-order valence-electron chi connectivity index (χ0n) is 13.5. The Morgan fingerprint density at radius 1 is 1.43 bits per heavy atom. The lowest BCUT2D eigenvalue weighted by Gasteiger charge is -2.27. The Balaban J connectivity index is 2.14. The molecule has 0 radical (unpaired) electrons. The van der Waals surface area contributed by atoms with Gasteiger partial charge in [-0.1, -0.05) is 18.2 Å². The molecule has 1 aliphatic heterocycles. The molecule has 0 saturated carbocycles. The van der Waals surface area contributed by atoms with Gasteiger partial charge in [0.05, 0.1) is 12.0 Å². The molecule has 4 nitrogen and oxygen atoms in total. The average molecular weight is 290 g/mol. The molecule has 2 rings (SSSR count). The van der Waals surface area contributed by atoms with Gasteiger partial charge in [-0.2, -0.15) is 0 Å². The molecule has 2 N–H and O–H groups in total. The Labute approximate surface area is 127 Å². The lowest BCUT2D eigenvalue weighted by atomic mass is 9.91. The van der Waals surface area contributed by atoms with Crippen molar-refractivity contribution in [3.8, 4) is 5.75 Å². The summed E-state index contributed by atoms with van der Waals surface area (Å²) in [6.07, 6.45) is 2.05. The summed E-state index contributed by atoms with van der Waals surface area (Å²) in [4.78, 5) is 11.9. The highest BCUT2D eigenvalue weighted by atomic mass is 16.5. The van der Waals surface area contributed by atoms with Crippen LogP contribution in [0.2, 0.25) is 0 Å². The van der Waals surface area contributed by atoms with Gasteiger partial charge < -0.3 is 15.4 Å². The summed E-state index contributed by atoms with van der Waals surface area (Å²) in [6.45, 7) is 7.40. The number of ether oxygens (including phenoxy) is 1. The van der Waals surface area contributed by atoms with E-state index in [4.69, 9.17) is 4.74 Å². The number of fused-ring (bicyclic) bond motifs is 1. The molecule has 4 heteroatoms. The zero-order chi connectivity index (χ0) is 15.5. The summed E-state index contributed by atoms with van der Waals surface area (Å²) in [5.41, 5.74) is 1.96. The van der Waals surface area contributed by atoms with Gasteiger partial charge >= 0.3 is 0 Å². The zero-order valence-corrected chi connectivity index (χ0v) is 13.5. The van der Waals surface area contributed by atoms with E-state index in [1.165, 1.54) is 11.1 Å². The summed E-state index contributed by atoms with van der Waals surface area (Å²) in [5, 5.41) is 6.29. The van der Waals surface area contributed by atoms with Gasteiger partial charge in [-0.05, 0) is 39.2 Å². The molecular weight excluding hydrogens is 264 g/mol. The van der Waals surface area contributed by atoms with E-state index in [0.29, 0.717) is 6.54 Å². The molecule has 0 bridgehead atoms. The molecule has 1 aliphatic rings. The molecule has 1 unspecified atom stereocenters. The van der Waals surface area contributed by atoms with Crippen LogP contribution in [0.4, 0.5) is 0 Å². The first-order valence-corrected chi connectivity index (χ1v) is 7.63. The van der Waals surface area contributed by atoms with Gasteiger partial charge in [0.15, 0.2) is 0 Å². The standard InChI is InChI=1S/C17H26N2O2/c1-12-7-5-8-13-14(9-6-10-21-15(12)13)19-11-17(2,3)16(20)18-4/h5,7-8,14,19H,6,9-11H2,1-4H3,(H,18,20). The van der Waals surface area contributed by atoms with E-state index in [-0.39, 0.29) is 11.9 Å². The highest BCUT2D eigenvalue weighted by Gasteiger charge is 2.29. The van der Waals surface area contributed by atoms with Crippen molar-refractivity contribution in [1.29, 1.82) is 0 Å². The van der Waals surface area contributed by atoms with Crippen LogP contribution in [0.1, 0.15) is 43.9 Å². The van der Waals surface area contributed by atoms with Gasteiger partial charge in [-0.25, -0.2) is 0 Å². The van der Waals surface area contributed by atoms with Crippen molar-refractivity contribution >= 4 is 5.91 Å². The Hall–Kier alpha value is -1.55. The van der Waals surface area contributed by atoms with Crippen LogP contribution in [-0.4, -0.2) is 26.1 Å². The van der Waals surface area contributed by atoms with Crippen LogP contribution < -0.4 is 15.4 Å². The van der Waals surface area contributed by atoms with E-state index in [1.54, 1.807) is 7.05 Å². The predicted octanol–water partition coefficient (Wildman–Crippen LogP) is 2.57. The average Bonchev–Trinajstić information content (AvgIpc) is 2.67. The number of nitrogens with one attached hydrogen (secondary N) is 2. The summed E-state index contributed by atoms with van der Waals surface area (Å²) < 4.78 is 5.89. The number of para-hydroxylation sites is 1. The van der Waals surface area contributed by atoms with Gasteiger partial charge in [-0.3, -0.25) is 4.79 Å². The molecule has 1 aromatic carbocycles. The van der Waals surface area contributed by atoms with Gasteiger partial charge in [0.25, 0.3) is 0 Å². The van der Waals surface area contributed by atoms with E-state index in [1.807, 2.05) is 13.8 Å². The fourth-order valence-corrected chi connectivity index (χ4v) is 2.77. The quantitative estimate of drug-likeness (QED) is 0.896. The van der Waals surface area contributed by atoms with Crippen LogP contribution in [0, 0.1) is 12.3 Å². The van der Waals surface area contributed by atoms with E-state index in [2.05, 4.69) is 35.8 Å². The van der Waals surface area contributed by atoms with Crippen molar-refractivity contribution in [3.63, 3.8) is 0 Å². The molecule has 21 heavy (non-hydrogen) atoms. The van der Waals surface area contributed by atoms with Gasteiger partial charge in [0.1, 0.15) is 5.75 Å². The first kappa shape index (κ1) is 15.8. The molecular formula is C17H26N2O2. The number of amides is 1. The Bertz CT molecular complexity index is 512. The number of rotatable bonds is 4. The summed E-state index contributed by atoms with van der Waals surface area (Å²) in [6, 6.07) is 6.52. The molecule has 0 aliphatic carbocycles. The molecule has 0 aromatic heterocycles. The minimum atomic E-state index is -0.425. The van der Waals surface area contributed by atoms with Gasteiger partial charge in [-0.15, -0.1) is 0 Å². The summed E-state index contributed by atoms with van der Waals surface area (Å²) >= 11 is 0.